The summed E-state index contributed by atoms with van der Waals surface area (Å²) in [5, 5.41) is 0. The minimum atomic E-state index is -0.420. The molecule has 0 fully saturated rings. The fourth-order valence-corrected chi connectivity index (χ4v) is 1.71. The Balaban J connectivity index is 2.63. The molecular weight excluding hydrogens is 247 g/mol. The zero-order valence-electron chi connectivity index (χ0n) is 11.6. The molecule has 19 heavy (non-hydrogen) atoms. The summed E-state index contributed by atoms with van der Waals surface area (Å²) in [5.41, 5.74) is 6.22. The second-order valence-corrected chi connectivity index (χ2v) is 4.76. The van der Waals surface area contributed by atoms with Crippen LogP contribution in [-0.2, 0) is 11.3 Å². The maximum absolute atomic E-state index is 13.5. The van der Waals surface area contributed by atoms with Gasteiger partial charge in [0.05, 0.1) is 7.11 Å². The van der Waals surface area contributed by atoms with E-state index in [9.17, 15) is 9.18 Å². The van der Waals surface area contributed by atoms with E-state index in [2.05, 4.69) is 0 Å². The number of amides is 1. The van der Waals surface area contributed by atoms with E-state index >= 15 is 0 Å². The van der Waals surface area contributed by atoms with Gasteiger partial charge in [0.25, 0.3) is 0 Å². The fourth-order valence-electron chi connectivity index (χ4n) is 1.71. The minimum absolute atomic E-state index is 0.00850. The normalized spacial score (nSPS) is 12.1. The van der Waals surface area contributed by atoms with Gasteiger partial charge in [0.15, 0.2) is 11.6 Å². The first kappa shape index (κ1) is 15.4. The molecule has 106 valence electrons. The maximum Gasteiger partial charge on any atom is 0.222 e. The van der Waals surface area contributed by atoms with Crippen molar-refractivity contribution in [2.45, 2.75) is 19.9 Å². The lowest BCUT2D eigenvalue weighted by Crippen LogP contribution is -2.29. The van der Waals surface area contributed by atoms with Crippen LogP contribution < -0.4 is 10.5 Å². The predicted octanol–water partition coefficient (Wildman–Crippen LogP) is 1.78. The maximum atomic E-state index is 13.5. The average Bonchev–Trinajstić information content (AvgIpc) is 2.38. The van der Waals surface area contributed by atoms with Crippen LogP contribution >= 0.6 is 0 Å². The summed E-state index contributed by atoms with van der Waals surface area (Å²) >= 11 is 0. The molecule has 2 N–H and O–H groups in total. The van der Waals surface area contributed by atoms with Gasteiger partial charge in [-0.3, -0.25) is 4.79 Å². The van der Waals surface area contributed by atoms with Gasteiger partial charge in [-0.2, -0.15) is 0 Å². The molecule has 0 radical (unpaired) electrons. The lowest BCUT2D eigenvalue weighted by Gasteiger charge is -2.19. The molecule has 1 amide bonds. The van der Waals surface area contributed by atoms with Gasteiger partial charge in [0, 0.05) is 20.0 Å². The number of benzene rings is 1. The number of nitrogens with two attached hydrogens (primary N) is 1. The number of nitrogens with zero attached hydrogens (tertiary/aromatic N) is 1. The fraction of sp³-hybridized carbons (Fsp3) is 0.500. The molecule has 4 nitrogen and oxygen atoms in total. The van der Waals surface area contributed by atoms with Crippen LogP contribution in [0, 0.1) is 11.7 Å². The topological polar surface area (TPSA) is 55.6 Å². The molecule has 0 aromatic heterocycles. The zero-order valence-corrected chi connectivity index (χ0v) is 11.6. The quantitative estimate of drug-likeness (QED) is 0.855. The number of halogens is 1. The lowest BCUT2D eigenvalue weighted by molar-refractivity contribution is -0.131. The van der Waals surface area contributed by atoms with E-state index in [4.69, 9.17) is 10.5 Å². The predicted molar refractivity (Wildman–Crippen MR) is 72.3 cm³/mol. The number of carbonyl (C=O) groups excluding carboxylic acids is 1. The van der Waals surface area contributed by atoms with Crippen LogP contribution in [0.3, 0.4) is 0 Å². The molecule has 0 aliphatic carbocycles. The minimum Gasteiger partial charge on any atom is -0.494 e. The van der Waals surface area contributed by atoms with E-state index in [0.717, 1.165) is 5.56 Å². The molecule has 0 bridgehead atoms. The van der Waals surface area contributed by atoms with Gasteiger partial charge in [-0.15, -0.1) is 0 Å². The number of rotatable bonds is 6. The van der Waals surface area contributed by atoms with Gasteiger partial charge in [-0.1, -0.05) is 13.0 Å². The van der Waals surface area contributed by atoms with Crippen molar-refractivity contribution in [1.29, 1.82) is 0 Å². The molecule has 5 heteroatoms. The molecule has 1 rings (SSSR count). The van der Waals surface area contributed by atoms with Crippen LogP contribution in [0.25, 0.3) is 0 Å². The Morgan fingerprint density at radius 1 is 1.53 bits per heavy atom. The van der Waals surface area contributed by atoms with Gasteiger partial charge in [0.2, 0.25) is 5.91 Å². The van der Waals surface area contributed by atoms with Gasteiger partial charge >= 0.3 is 0 Å². The first-order valence-electron chi connectivity index (χ1n) is 6.24. The summed E-state index contributed by atoms with van der Waals surface area (Å²) in [7, 11) is 3.12. The van der Waals surface area contributed by atoms with Crippen LogP contribution in [0.5, 0.6) is 5.75 Å². The van der Waals surface area contributed by atoms with E-state index in [-0.39, 0.29) is 17.6 Å². The molecule has 1 atom stereocenters. The summed E-state index contributed by atoms with van der Waals surface area (Å²) < 4.78 is 18.4. The van der Waals surface area contributed by atoms with Gasteiger partial charge in [-0.25, -0.2) is 4.39 Å². The molecule has 0 aliphatic rings. The van der Waals surface area contributed by atoms with Crippen molar-refractivity contribution >= 4 is 5.91 Å². The number of methoxy groups -OCH3 is 1. The number of hydrogen-bond acceptors (Lipinski definition) is 3. The van der Waals surface area contributed by atoms with Gasteiger partial charge in [-0.05, 0) is 30.2 Å². The summed E-state index contributed by atoms with van der Waals surface area (Å²) in [4.78, 5) is 13.5. The van der Waals surface area contributed by atoms with Crippen LogP contribution in [0.1, 0.15) is 18.9 Å². The molecule has 0 saturated carbocycles. The molecule has 0 aliphatic heterocycles. The van der Waals surface area contributed by atoms with Crippen molar-refractivity contribution in [3.05, 3.63) is 29.6 Å². The number of hydrogen-bond donors (Lipinski definition) is 1. The first-order valence-corrected chi connectivity index (χ1v) is 6.24. The Morgan fingerprint density at radius 2 is 2.21 bits per heavy atom. The second kappa shape index (κ2) is 7.09. The van der Waals surface area contributed by atoms with Crippen molar-refractivity contribution in [3.63, 3.8) is 0 Å². The number of ether oxygens (including phenoxy) is 1. The Hall–Kier alpha value is -1.62. The summed E-state index contributed by atoms with van der Waals surface area (Å²) in [6.07, 6.45) is 0.408. The van der Waals surface area contributed by atoms with Crippen molar-refractivity contribution in [2.24, 2.45) is 11.7 Å². The van der Waals surface area contributed by atoms with Gasteiger partial charge in [0.1, 0.15) is 0 Å². The highest BCUT2D eigenvalue weighted by Gasteiger charge is 2.13. The molecule has 1 aromatic rings. The van der Waals surface area contributed by atoms with E-state index in [1.54, 1.807) is 24.1 Å². The smallest absolute Gasteiger partial charge is 0.222 e. The third kappa shape index (κ3) is 4.52. The zero-order chi connectivity index (χ0) is 14.4. The second-order valence-electron chi connectivity index (χ2n) is 4.76. The Bertz CT molecular complexity index is 437. The first-order chi connectivity index (χ1) is 8.97. The largest absolute Gasteiger partial charge is 0.494 e. The molecule has 0 spiro atoms. The van der Waals surface area contributed by atoms with E-state index < -0.39 is 5.82 Å². The Kier molecular flexibility index (Phi) is 5.76. The van der Waals surface area contributed by atoms with E-state index in [1.165, 1.54) is 13.2 Å². The van der Waals surface area contributed by atoms with Crippen molar-refractivity contribution in [1.82, 2.24) is 4.90 Å². The summed E-state index contributed by atoms with van der Waals surface area (Å²) in [5.74, 6) is -0.0533. The monoisotopic (exact) mass is 268 g/mol. The van der Waals surface area contributed by atoms with E-state index in [1.807, 2.05) is 6.92 Å². The molecule has 0 heterocycles. The number of carbonyl (C=O) groups is 1. The summed E-state index contributed by atoms with van der Waals surface area (Å²) in [6.45, 7) is 2.78. The van der Waals surface area contributed by atoms with Crippen molar-refractivity contribution in [3.8, 4) is 5.75 Å². The van der Waals surface area contributed by atoms with Crippen LogP contribution in [-0.4, -0.2) is 31.5 Å². The molecule has 0 saturated heterocycles. The van der Waals surface area contributed by atoms with Crippen LogP contribution in [0.15, 0.2) is 18.2 Å². The van der Waals surface area contributed by atoms with Gasteiger partial charge < -0.3 is 15.4 Å². The summed E-state index contributed by atoms with van der Waals surface area (Å²) in [6, 6.07) is 4.69. The SMILES string of the molecule is COc1ccc(CN(C)C(=O)CC(C)CN)cc1F. The molecule has 1 unspecified atom stereocenters. The van der Waals surface area contributed by atoms with Crippen LogP contribution in [0.2, 0.25) is 0 Å². The van der Waals surface area contributed by atoms with E-state index in [0.29, 0.717) is 19.5 Å². The molecule has 1 aromatic carbocycles. The Morgan fingerprint density at radius 3 is 2.74 bits per heavy atom. The highest BCUT2D eigenvalue weighted by molar-refractivity contribution is 5.76. The van der Waals surface area contributed by atoms with Crippen LogP contribution in [0.4, 0.5) is 4.39 Å². The third-order valence-corrected chi connectivity index (χ3v) is 2.99. The highest BCUT2D eigenvalue weighted by atomic mass is 19.1. The third-order valence-electron chi connectivity index (χ3n) is 2.99. The average molecular weight is 268 g/mol. The van der Waals surface area contributed by atoms with Crippen molar-refractivity contribution < 1.29 is 13.9 Å². The lowest BCUT2D eigenvalue weighted by atomic mass is 10.1. The highest BCUT2D eigenvalue weighted by Crippen LogP contribution is 2.18. The van der Waals surface area contributed by atoms with Crippen molar-refractivity contribution in [2.75, 3.05) is 20.7 Å². The standard InChI is InChI=1S/C14H21FN2O2/c1-10(8-16)6-14(18)17(2)9-11-4-5-13(19-3)12(15)7-11/h4-5,7,10H,6,8-9,16H2,1-3H3. The molecular formula is C14H21FN2O2. The Labute approximate surface area is 113 Å².